The van der Waals surface area contributed by atoms with Gasteiger partial charge < -0.3 is 5.32 Å². The first-order valence-electron chi connectivity index (χ1n) is 9.77. The third kappa shape index (κ3) is 4.47. The van der Waals surface area contributed by atoms with Gasteiger partial charge in [0.05, 0.1) is 17.1 Å². The standard InChI is InChI=1S/C23H18F2N4O2S/c1-14-21(32-23(27-14)15-6-3-2-4-7-15)18-10-11-19(30)29(28-18)13-12-26-22(31)20-16(24)8-5-9-17(20)25/h2-11H,12-13H2,1H3,(H,26,31). The van der Waals surface area contributed by atoms with Gasteiger partial charge in [-0.25, -0.2) is 18.4 Å². The van der Waals surface area contributed by atoms with E-state index in [4.69, 9.17) is 0 Å². The van der Waals surface area contributed by atoms with Gasteiger partial charge in [-0.15, -0.1) is 11.3 Å². The average Bonchev–Trinajstić information content (AvgIpc) is 3.17. The van der Waals surface area contributed by atoms with Crippen molar-refractivity contribution in [3.05, 3.63) is 93.9 Å². The second-order valence-corrected chi connectivity index (χ2v) is 7.93. The zero-order valence-electron chi connectivity index (χ0n) is 17.0. The number of thiazole rings is 1. The normalized spacial score (nSPS) is 10.8. The number of carbonyl (C=O) groups excluding carboxylic acids is 1. The Morgan fingerprint density at radius 3 is 2.47 bits per heavy atom. The predicted octanol–water partition coefficient (Wildman–Crippen LogP) is 4.05. The summed E-state index contributed by atoms with van der Waals surface area (Å²) < 4.78 is 28.7. The Balaban J connectivity index is 1.51. The minimum Gasteiger partial charge on any atom is -0.350 e. The lowest BCUT2D eigenvalue weighted by Crippen LogP contribution is -2.32. The van der Waals surface area contributed by atoms with Gasteiger partial charge in [0.2, 0.25) is 0 Å². The molecule has 162 valence electrons. The van der Waals surface area contributed by atoms with Gasteiger partial charge in [0.1, 0.15) is 27.9 Å². The van der Waals surface area contributed by atoms with Crippen molar-refractivity contribution < 1.29 is 13.6 Å². The third-order valence-electron chi connectivity index (χ3n) is 4.72. The van der Waals surface area contributed by atoms with Gasteiger partial charge in [0, 0.05) is 18.2 Å². The predicted molar refractivity (Wildman–Crippen MR) is 118 cm³/mol. The highest BCUT2D eigenvalue weighted by atomic mass is 32.1. The minimum atomic E-state index is -0.949. The van der Waals surface area contributed by atoms with Crippen LogP contribution in [0.15, 0.2) is 65.5 Å². The molecule has 0 aliphatic rings. The van der Waals surface area contributed by atoms with E-state index in [1.165, 1.54) is 28.2 Å². The fourth-order valence-corrected chi connectivity index (χ4v) is 4.18. The van der Waals surface area contributed by atoms with Crippen LogP contribution in [0.2, 0.25) is 0 Å². The molecule has 4 rings (SSSR count). The Morgan fingerprint density at radius 1 is 1.03 bits per heavy atom. The van der Waals surface area contributed by atoms with Crippen LogP contribution in [0.4, 0.5) is 8.78 Å². The maximum Gasteiger partial charge on any atom is 0.266 e. The quantitative estimate of drug-likeness (QED) is 0.479. The molecule has 1 amide bonds. The maximum atomic E-state index is 13.7. The van der Waals surface area contributed by atoms with Crippen molar-refractivity contribution in [3.8, 4) is 21.1 Å². The SMILES string of the molecule is Cc1nc(-c2ccccc2)sc1-c1ccc(=O)n(CCNC(=O)c2c(F)cccc2F)n1. The van der Waals surface area contributed by atoms with Crippen LogP contribution in [-0.2, 0) is 6.54 Å². The largest absolute Gasteiger partial charge is 0.350 e. The van der Waals surface area contributed by atoms with Crippen molar-refractivity contribution in [2.75, 3.05) is 6.54 Å². The molecule has 2 heterocycles. The lowest BCUT2D eigenvalue weighted by molar-refractivity contribution is 0.0943. The highest BCUT2D eigenvalue weighted by Gasteiger charge is 2.17. The van der Waals surface area contributed by atoms with Crippen molar-refractivity contribution in [2.45, 2.75) is 13.5 Å². The number of carbonyl (C=O) groups is 1. The number of amides is 1. The molecule has 0 saturated carbocycles. The van der Waals surface area contributed by atoms with Crippen LogP contribution in [0, 0.1) is 18.6 Å². The van der Waals surface area contributed by atoms with Crippen LogP contribution >= 0.6 is 11.3 Å². The molecule has 2 aromatic heterocycles. The smallest absolute Gasteiger partial charge is 0.266 e. The van der Waals surface area contributed by atoms with E-state index in [2.05, 4.69) is 15.4 Å². The third-order valence-corrected chi connectivity index (χ3v) is 5.94. The molecular weight excluding hydrogens is 434 g/mol. The van der Waals surface area contributed by atoms with Gasteiger partial charge in [-0.1, -0.05) is 36.4 Å². The van der Waals surface area contributed by atoms with Crippen LogP contribution in [0.5, 0.6) is 0 Å². The summed E-state index contributed by atoms with van der Waals surface area (Å²) in [6.07, 6.45) is 0. The number of hydrogen-bond acceptors (Lipinski definition) is 5. The molecule has 0 radical (unpaired) electrons. The molecule has 0 bridgehead atoms. The lowest BCUT2D eigenvalue weighted by atomic mass is 10.2. The zero-order valence-corrected chi connectivity index (χ0v) is 17.8. The van der Waals surface area contributed by atoms with Crippen molar-refractivity contribution >= 4 is 17.2 Å². The number of nitrogens with one attached hydrogen (secondary N) is 1. The van der Waals surface area contributed by atoms with E-state index in [1.54, 1.807) is 6.07 Å². The minimum absolute atomic E-state index is 0.0279. The Morgan fingerprint density at radius 2 is 1.75 bits per heavy atom. The molecule has 0 fully saturated rings. The monoisotopic (exact) mass is 452 g/mol. The summed E-state index contributed by atoms with van der Waals surface area (Å²) in [6, 6.07) is 16.0. The summed E-state index contributed by atoms with van der Waals surface area (Å²) in [5.74, 6) is -2.79. The van der Waals surface area contributed by atoms with Gasteiger partial charge in [0.15, 0.2) is 0 Å². The number of nitrogens with zero attached hydrogens (tertiary/aromatic N) is 3. The van der Waals surface area contributed by atoms with Crippen LogP contribution in [0.1, 0.15) is 16.1 Å². The molecule has 0 saturated heterocycles. The van der Waals surface area contributed by atoms with Crippen LogP contribution in [0.25, 0.3) is 21.1 Å². The molecule has 0 aliphatic heterocycles. The van der Waals surface area contributed by atoms with Gasteiger partial charge in [0.25, 0.3) is 11.5 Å². The van der Waals surface area contributed by atoms with Gasteiger partial charge in [-0.05, 0) is 25.1 Å². The molecule has 0 unspecified atom stereocenters. The second-order valence-electron chi connectivity index (χ2n) is 6.93. The van der Waals surface area contributed by atoms with E-state index in [-0.39, 0.29) is 18.6 Å². The van der Waals surface area contributed by atoms with Crippen molar-refractivity contribution in [1.29, 1.82) is 0 Å². The molecular formula is C23H18F2N4O2S. The second kappa shape index (κ2) is 9.19. The van der Waals surface area contributed by atoms with E-state index >= 15 is 0 Å². The zero-order chi connectivity index (χ0) is 22.7. The molecule has 2 aromatic carbocycles. The van der Waals surface area contributed by atoms with E-state index in [9.17, 15) is 18.4 Å². The Hall–Kier alpha value is -3.72. The highest BCUT2D eigenvalue weighted by molar-refractivity contribution is 7.18. The van der Waals surface area contributed by atoms with Crippen LogP contribution in [-0.4, -0.2) is 27.2 Å². The number of aromatic nitrogens is 3. The van der Waals surface area contributed by atoms with E-state index in [0.717, 1.165) is 33.3 Å². The lowest BCUT2D eigenvalue weighted by Gasteiger charge is -2.09. The highest BCUT2D eigenvalue weighted by Crippen LogP contribution is 2.33. The first kappa shape index (κ1) is 21.5. The summed E-state index contributed by atoms with van der Waals surface area (Å²) in [6.45, 7) is 1.89. The molecule has 0 spiro atoms. The van der Waals surface area contributed by atoms with E-state index in [1.807, 2.05) is 37.3 Å². The fourth-order valence-electron chi connectivity index (χ4n) is 3.15. The summed E-state index contributed by atoms with van der Waals surface area (Å²) >= 11 is 1.47. The average molecular weight is 452 g/mol. The Bertz CT molecular complexity index is 1320. The number of benzene rings is 2. The summed E-state index contributed by atoms with van der Waals surface area (Å²) in [5, 5.41) is 7.66. The number of rotatable bonds is 6. The van der Waals surface area contributed by atoms with Gasteiger partial charge in [-0.3, -0.25) is 9.59 Å². The molecule has 1 N–H and O–H groups in total. The van der Waals surface area contributed by atoms with Gasteiger partial charge in [-0.2, -0.15) is 5.10 Å². The maximum absolute atomic E-state index is 13.7. The van der Waals surface area contributed by atoms with Crippen molar-refractivity contribution in [2.24, 2.45) is 0 Å². The van der Waals surface area contributed by atoms with Crippen molar-refractivity contribution in [3.63, 3.8) is 0 Å². The van der Waals surface area contributed by atoms with E-state index < -0.39 is 23.1 Å². The first-order chi connectivity index (χ1) is 15.4. The van der Waals surface area contributed by atoms with Crippen LogP contribution < -0.4 is 10.9 Å². The number of halogens is 2. The number of hydrogen-bond donors (Lipinski definition) is 1. The molecule has 9 heteroatoms. The summed E-state index contributed by atoms with van der Waals surface area (Å²) in [5.41, 5.74) is 1.34. The molecule has 32 heavy (non-hydrogen) atoms. The molecule has 0 atom stereocenters. The Labute approximate surface area is 186 Å². The topological polar surface area (TPSA) is 76.9 Å². The molecule has 4 aromatic rings. The summed E-state index contributed by atoms with van der Waals surface area (Å²) in [7, 11) is 0. The molecule has 0 aliphatic carbocycles. The van der Waals surface area contributed by atoms with Crippen molar-refractivity contribution in [1.82, 2.24) is 20.1 Å². The first-order valence-corrected chi connectivity index (χ1v) is 10.6. The number of aryl methyl sites for hydroxylation is 1. The van der Waals surface area contributed by atoms with E-state index in [0.29, 0.717) is 5.69 Å². The fraction of sp³-hybridized carbons (Fsp3) is 0.130. The van der Waals surface area contributed by atoms with Gasteiger partial charge >= 0.3 is 0 Å². The summed E-state index contributed by atoms with van der Waals surface area (Å²) in [4.78, 5) is 29.8. The van der Waals surface area contributed by atoms with Crippen LogP contribution in [0.3, 0.4) is 0 Å². The molecule has 6 nitrogen and oxygen atoms in total. The Kier molecular flexibility index (Phi) is 6.18.